The summed E-state index contributed by atoms with van der Waals surface area (Å²) in [6.45, 7) is 9.55. The number of halogens is 1. The molecule has 0 aromatic rings. The predicted molar refractivity (Wildman–Crippen MR) is 78.9 cm³/mol. The Balaban J connectivity index is 0.00000289. The molecule has 0 spiro atoms. The highest BCUT2D eigenvalue weighted by molar-refractivity contribution is 5.86. The maximum absolute atomic E-state index is 12.1. The normalized spacial score (nSPS) is 18.6. The fourth-order valence-electron chi connectivity index (χ4n) is 2.91. The minimum Gasteiger partial charge on any atom is -0.354 e. The molecular formula is C14H29ClN2O. The highest BCUT2D eigenvalue weighted by Crippen LogP contribution is 2.28. The lowest BCUT2D eigenvalue weighted by Gasteiger charge is -2.30. The van der Waals surface area contributed by atoms with E-state index < -0.39 is 5.54 Å². The summed E-state index contributed by atoms with van der Waals surface area (Å²) >= 11 is 0. The highest BCUT2D eigenvalue weighted by atomic mass is 35.5. The molecule has 1 aliphatic carbocycles. The van der Waals surface area contributed by atoms with E-state index in [-0.39, 0.29) is 23.7 Å². The van der Waals surface area contributed by atoms with Crippen molar-refractivity contribution < 1.29 is 4.79 Å². The third-order valence-corrected chi connectivity index (χ3v) is 3.64. The van der Waals surface area contributed by atoms with E-state index >= 15 is 0 Å². The Morgan fingerprint density at radius 2 is 1.83 bits per heavy atom. The van der Waals surface area contributed by atoms with Gasteiger partial charge in [-0.15, -0.1) is 12.4 Å². The van der Waals surface area contributed by atoms with Gasteiger partial charge in [0.2, 0.25) is 5.91 Å². The fourth-order valence-corrected chi connectivity index (χ4v) is 2.91. The van der Waals surface area contributed by atoms with Crippen molar-refractivity contribution in [3.05, 3.63) is 0 Å². The summed E-state index contributed by atoms with van der Waals surface area (Å²) in [7, 11) is 0. The van der Waals surface area contributed by atoms with Crippen LogP contribution >= 0.6 is 12.4 Å². The lowest BCUT2D eigenvalue weighted by molar-refractivity contribution is -0.126. The van der Waals surface area contributed by atoms with E-state index in [4.69, 9.17) is 5.73 Å². The van der Waals surface area contributed by atoms with Crippen LogP contribution in [0.1, 0.15) is 59.8 Å². The molecule has 18 heavy (non-hydrogen) atoms. The van der Waals surface area contributed by atoms with E-state index in [1.807, 2.05) is 0 Å². The fraction of sp³-hybridized carbons (Fsp3) is 0.929. The third kappa shape index (κ3) is 5.15. The van der Waals surface area contributed by atoms with Crippen molar-refractivity contribution in [1.29, 1.82) is 0 Å². The Morgan fingerprint density at radius 3 is 2.28 bits per heavy atom. The molecule has 1 rings (SSSR count). The van der Waals surface area contributed by atoms with Gasteiger partial charge >= 0.3 is 0 Å². The summed E-state index contributed by atoms with van der Waals surface area (Å²) in [5.41, 5.74) is 5.68. The second kappa shape index (κ2) is 6.76. The van der Waals surface area contributed by atoms with E-state index in [0.29, 0.717) is 5.92 Å². The van der Waals surface area contributed by atoms with Crippen LogP contribution in [0.25, 0.3) is 0 Å². The van der Waals surface area contributed by atoms with Crippen LogP contribution in [0.2, 0.25) is 0 Å². The van der Waals surface area contributed by atoms with Crippen molar-refractivity contribution in [2.24, 2.45) is 17.1 Å². The molecule has 108 valence electrons. The average molecular weight is 277 g/mol. The first-order chi connectivity index (χ1) is 7.75. The molecule has 0 aromatic carbocycles. The second-order valence-corrected chi connectivity index (χ2v) is 6.81. The van der Waals surface area contributed by atoms with E-state index in [9.17, 15) is 4.79 Å². The van der Waals surface area contributed by atoms with Crippen molar-refractivity contribution in [3.63, 3.8) is 0 Å². The van der Waals surface area contributed by atoms with Gasteiger partial charge < -0.3 is 11.1 Å². The van der Waals surface area contributed by atoms with Gasteiger partial charge in [-0.25, -0.2) is 0 Å². The molecule has 4 heteroatoms. The van der Waals surface area contributed by atoms with Crippen molar-refractivity contribution in [2.75, 3.05) is 6.54 Å². The van der Waals surface area contributed by atoms with Gasteiger partial charge in [-0.2, -0.15) is 0 Å². The zero-order valence-corrected chi connectivity index (χ0v) is 13.0. The lowest BCUT2D eigenvalue weighted by atomic mass is 9.83. The average Bonchev–Trinajstić information content (AvgIpc) is 2.61. The predicted octanol–water partition coefficient (Wildman–Crippen LogP) is 2.87. The number of carbonyl (C=O) groups excluding carboxylic acids is 1. The summed E-state index contributed by atoms with van der Waals surface area (Å²) < 4.78 is 0. The van der Waals surface area contributed by atoms with E-state index in [0.717, 1.165) is 38.6 Å². The van der Waals surface area contributed by atoms with Crippen LogP contribution in [0, 0.1) is 11.3 Å². The first-order valence-corrected chi connectivity index (χ1v) is 6.82. The molecule has 1 aliphatic rings. The summed E-state index contributed by atoms with van der Waals surface area (Å²) in [4.78, 5) is 12.1. The number of nitrogens with one attached hydrogen (secondary N) is 1. The topological polar surface area (TPSA) is 55.1 Å². The maximum atomic E-state index is 12.1. The lowest BCUT2D eigenvalue weighted by Crippen LogP contribution is -2.53. The number of carbonyl (C=O) groups is 1. The molecule has 0 radical (unpaired) electrons. The number of rotatable bonds is 5. The Morgan fingerprint density at radius 1 is 1.33 bits per heavy atom. The Kier molecular flexibility index (Phi) is 6.66. The number of hydrogen-bond donors (Lipinski definition) is 2. The van der Waals surface area contributed by atoms with E-state index in [1.165, 1.54) is 0 Å². The highest BCUT2D eigenvalue weighted by Gasteiger charge is 2.37. The first-order valence-electron chi connectivity index (χ1n) is 6.82. The zero-order valence-electron chi connectivity index (χ0n) is 12.2. The van der Waals surface area contributed by atoms with Crippen LogP contribution in [0.5, 0.6) is 0 Å². The quantitative estimate of drug-likeness (QED) is 0.811. The molecule has 0 aromatic heterocycles. The maximum Gasteiger partial charge on any atom is 0.240 e. The molecule has 0 saturated heterocycles. The third-order valence-electron chi connectivity index (χ3n) is 3.64. The van der Waals surface area contributed by atoms with Crippen LogP contribution in [-0.4, -0.2) is 18.0 Å². The van der Waals surface area contributed by atoms with Crippen LogP contribution in [0.4, 0.5) is 0 Å². The molecule has 0 bridgehead atoms. The molecular weight excluding hydrogens is 248 g/mol. The minimum atomic E-state index is -0.589. The largest absolute Gasteiger partial charge is 0.354 e. The van der Waals surface area contributed by atoms with Crippen LogP contribution in [-0.2, 0) is 4.79 Å². The molecule has 0 aliphatic heterocycles. The van der Waals surface area contributed by atoms with Gasteiger partial charge in [0.1, 0.15) is 0 Å². The standard InChI is InChI=1S/C14H28N2O.ClH/c1-11(2)9-13(3,4)10-16-12(17)14(15)7-5-6-8-14;/h11H,5-10,15H2,1-4H3,(H,16,17);1H. The molecule has 0 unspecified atom stereocenters. The Bertz CT molecular complexity index is 271. The first kappa shape index (κ1) is 17.7. The summed E-state index contributed by atoms with van der Waals surface area (Å²) in [6, 6.07) is 0. The smallest absolute Gasteiger partial charge is 0.240 e. The van der Waals surface area contributed by atoms with Crippen molar-refractivity contribution in [3.8, 4) is 0 Å². The van der Waals surface area contributed by atoms with Gasteiger partial charge in [0, 0.05) is 6.54 Å². The SMILES string of the molecule is CC(C)CC(C)(C)CNC(=O)C1(N)CCCC1.Cl. The van der Waals surface area contributed by atoms with Gasteiger partial charge in [0.15, 0.2) is 0 Å². The van der Waals surface area contributed by atoms with Gasteiger partial charge in [0.25, 0.3) is 0 Å². The zero-order chi connectivity index (χ0) is 13.1. The Hall–Kier alpha value is -0.280. The monoisotopic (exact) mass is 276 g/mol. The molecule has 0 atom stereocenters. The molecule has 3 N–H and O–H groups in total. The van der Waals surface area contributed by atoms with Crippen LogP contribution in [0.3, 0.4) is 0 Å². The molecule has 1 amide bonds. The van der Waals surface area contributed by atoms with Crippen LogP contribution < -0.4 is 11.1 Å². The minimum absolute atomic E-state index is 0. The summed E-state index contributed by atoms with van der Waals surface area (Å²) in [5, 5.41) is 3.05. The van der Waals surface area contributed by atoms with Gasteiger partial charge in [-0.3, -0.25) is 4.79 Å². The summed E-state index contributed by atoms with van der Waals surface area (Å²) in [6.07, 6.45) is 4.95. The van der Waals surface area contributed by atoms with Gasteiger partial charge in [0.05, 0.1) is 5.54 Å². The van der Waals surface area contributed by atoms with Gasteiger partial charge in [-0.05, 0) is 30.6 Å². The number of hydrogen-bond acceptors (Lipinski definition) is 2. The molecule has 1 saturated carbocycles. The van der Waals surface area contributed by atoms with Crippen molar-refractivity contribution >= 4 is 18.3 Å². The summed E-state index contributed by atoms with van der Waals surface area (Å²) in [5.74, 6) is 0.701. The van der Waals surface area contributed by atoms with E-state index in [2.05, 4.69) is 33.0 Å². The Labute approximate surface area is 118 Å². The number of amides is 1. The van der Waals surface area contributed by atoms with E-state index in [1.54, 1.807) is 0 Å². The molecule has 3 nitrogen and oxygen atoms in total. The molecule has 1 fully saturated rings. The van der Waals surface area contributed by atoms with Crippen LogP contribution in [0.15, 0.2) is 0 Å². The van der Waals surface area contributed by atoms with Crippen molar-refractivity contribution in [1.82, 2.24) is 5.32 Å². The molecule has 0 heterocycles. The second-order valence-electron chi connectivity index (χ2n) is 6.81. The van der Waals surface area contributed by atoms with Gasteiger partial charge in [-0.1, -0.05) is 40.5 Å². The number of nitrogens with two attached hydrogens (primary N) is 1. The van der Waals surface area contributed by atoms with Crippen molar-refractivity contribution in [2.45, 2.75) is 65.3 Å².